The average Bonchev–Trinajstić information content (AvgIpc) is 2.90. The van der Waals surface area contributed by atoms with Crippen molar-refractivity contribution >= 4 is 5.91 Å². The van der Waals surface area contributed by atoms with Gasteiger partial charge in [0.2, 0.25) is 0 Å². The molecule has 1 aliphatic rings. The van der Waals surface area contributed by atoms with Crippen molar-refractivity contribution in [1.29, 1.82) is 0 Å². The molecule has 17 heavy (non-hydrogen) atoms. The van der Waals surface area contributed by atoms with Gasteiger partial charge in [-0.05, 0) is 25.3 Å². The van der Waals surface area contributed by atoms with Gasteiger partial charge in [-0.25, -0.2) is 0 Å². The molecule has 0 aromatic heterocycles. The number of carbonyl (C=O) groups excluding carboxylic acids is 1. The molecule has 1 atom stereocenters. The molecule has 2 rings (SSSR count). The van der Waals surface area contributed by atoms with Gasteiger partial charge in [0, 0.05) is 13.1 Å². The van der Waals surface area contributed by atoms with Crippen LogP contribution in [0.5, 0.6) is 0 Å². The Balaban J connectivity index is 1.80. The third-order valence-corrected chi connectivity index (χ3v) is 3.11. The van der Waals surface area contributed by atoms with Gasteiger partial charge in [0.25, 0.3) is 5.91 Å². The number of ether oxygens (including phenoxy) is 1. The highest BCUT2D eigenvalue weighted by atomic mass is 16.5. The summed E-state index contributed by atoms with van der Waals surface area (Å²) in [6.45, 7) is 4.11. The van der Waals surface area contributed by atoms with Gasteiger partial charge in [-0.15, -0.1) is 0 Å². The highest BCUT2D eigenvalue weighted by molar-refractivity contribution is 5.80. The Morgan fingerprint density at radius 3 is 2.59 bits per heavy atom. The van der Waals surface area contributed by atoms with Crippen LogP contribution in [0.3, 0.4) is 0 Å². The van der Waals surface area contributed by atoms with E-state index in [1.807, 2.05) is 42.2 Å². The standard InChI is InChI=1S/C14H19NO2/c1-12(14(16)15-9-5-6-10-15)17-11-13-7-3-2-4-8-13/h2-4,7-8,12H,5-6,9-11H2,1H3/t12-/m1/s1. The summed E-state index contributed by atoms with van der Waals surface area (Å²) in [5.41, 5.74) is 1.11. The number of carbonyl (C=O) groups is 1. The summed E-state index contributed by atoms with van der Waals surface area (Å²) in [5, 5.41) is 0. The summed E-state index contributed by atoms with van der Waals surface area (Å²) in [7, 11) is 0. The van der Waals surface area contributed by atoms with Gasteiger partial charge in [0.1, 0.15) is 6.10 Å². The molecule has 0 N–H and O–H groups in total. The molecule has 1 aromatic carbocycles. The molecular formula is C14H19NO2. The Kier molecular flexibility index (Phi) is 4.15. The van der Waals surface area contributed by atoms with Gasteiger partial charge in [0.15, 0.2) is 0 Å². The van der Waals surface area contributed by atoms with Crippen molar-refractivity contribution in [2.75, 3.05) is 13.1 Å². The molecule has 0 saturated carbocycles. The number of amides is 1. The zero-order valence-electron chi connectivity index (χ0n) is 10.3. The van der Waals surface area contributed by atoms with E-state index in [2.05, 4.69) is 0 Å². The van der Waals surface area contributed by atoms with Gasteiger partial charge in [-0.3, -0.25) is 4.79 Å². The lowest BCUT2D eigenvalue weighted by Crippen LogP contribution is -2.36. The first-order chi connectivity index (χ1) is 8.27. The van der Waals surface area contributed by atoms with Crippen molar-refractivity contribution in [1.82, 2.24) is 4.90 Å². The molecule has 3 nitrogen and oxygen atoms in total. The Bertz CT molecular complexity index is 358. The van der Waals surface area contributed by atoms with Crippen LogP contribution < -0.4 is 0 Å². The number of rotatable bonds is 4. The molecule has 0 unspecified atom stereocenters. The lowest BCUT2D eigenvalue weighted by molar-refractivity contribution is -0.142. The largest absolute Gasteiger partial charge is 0.364 e. The highest BCUT2D eigenvalue weighted by Gasteiger charge is 2.23. The molecule has 0 bridgehead atoms. The zero-order valence-corrected chi connectivity index (χ0v) is 10.3. The van der Waals surface area contributed by atoms with Crippen LogP contribution in [0.2, 0.25) is 0 Å². The molecule has 1 aromatic rings. The minimum absolute atomic E-state index is 0.124. The van der Waals surface area contributed by atoms with Crippen molar-refractivity contribution < 1.29 is 9.53 Å². The smallest absolute Gasteiger partial charge is 0.251 e. The zero-order chi connectivity index (χ0) is 12.1. The maximum Gasteiger partial charge on any atom is 0.251 e. The SMILES string of the molecule is C[C@@H](OCc1ccccc1)C(=O)N1CCCC1. The van der Waals surface area contributed by atoms with E-state index in [0.29, 0.717) is 6.61 Å². The van der Waals surface area contributed by atoms with E-state index < -0.39 is 0 Å². The predicted molar refractivity (Wildman–Crippen MR) is 66.5 cm³/mol. The summed E-state index contributed by atoms with van der Waals surface area (Å²) in [5.74, 6) is 0.124. The van der Waals surface area contributed by atoms with Crippen molar-refractivity contribution in [3.8, 4) is 0 Å². The molecule has 1 aliphatic heterocycles. The number of hydrogen-bond acceptors (Lipinski definition) is 2. The van der Waals surface area contributed by atoms with Crippen LogP contribution in [-0.2, 0) is 16.1 Å². The van der Waals surface area contributed by atoms with E-state index in [-0.39, 0.29) is 12.0 Å². The maximum absolute atomic E-state index is 12.0. The molecule has 0 aliphatic carbocycles. The van der Waals surface area contributed by atoms with Crippen molar-refractivity contribution in [2.45, 2.75) is 32.5 Å². The van der Waals surface area contributed by atoms with Crippen LogP contribution in [0.1, 0.15) is 25.3 Å². The van der Waals surface area contributed by atoms with E-state index in [1.165, 1.54) is 0 Å². The van der Waals surface area contributed by atoms with Gasteiger partial charge < -0.3 is 9.64 Å². The predicted octanol–water partition coefficient (Wildman–Crippen LogP) is 2.21. The van der Waals surface area contributed by atoms with Gasteiger partial charge >= 0.3 is 0 Å². The second kappa shape index (κ2) is 5.82. The molecule has 1 fully saturated rings. The summed E-state index contributed by atoms with van der Waals surface area (Å²) in [4.78, 5) is 13.9. The molecule has 1 saturated heterocycles. The number of hydrogen-bond donors (Lipinski definition) is 0. The van der Waals surface area contributed by atoms with E-state index in [4.69, 9.17) is 4.74 Å². The van der Waals surface area contributed by atoms with Crippen LogP contribution >= 0.6 is 0 Å². The second-order valence-electron chi connectivity index (χ2n) is 4.47. The van der Waals surface area contributed by atoms with Crippen molar-refractivity contribution in [3.63, 3.8) is 0 Å². The topological polar surface area (TPSA) is 29.5 Å². The summed E-state index contributed by atoms with van der Waals surface area (Å²) in [6, 6.07) is 9.94. The third kappa shape index (κ3) is 3.30. The first-order valence-corrected chi connectivity index (χ1v) is 6.21. The molecule has 1 amide bonds. The summed E-state index contributed by atoms with van der Waals surface area (Å²) in [6.07, 6.45) is 1.90. The van der Waals surface area contributed by atoms with Crippen LogP contribution in [0.25, 0.3) is 0 Å². The molecule has 0 spiro atoms. The van der Waals surface area contributed by atoms with E-state index in [1.54, 1.807) is 0 Å². The highest BCUT2D eigenvalue weighted by Crippen LogP contribution is 2.11. The van der Waals surface area contributed by atoms with E-state index >= 15 is 0 Å². The van der Waals surface area contributed by atoms with Gasteiger partial charge in [0.05, 0.1) is 6.61 Å². The van der Waals surface area contributed by atoms with E-state index in [9.17, 15) is 4.79 Å². The minimum Gasteiger partial charge on any atom is -0.364 e. The average molecular weight is 233 g/mol. The lowest BCUT2D eigenvalue weighted by atomic mass is 10.2. The Morgan fingerprint density at radius 1 is 1.29 bits per heavy atom. The second-order valence-corrected chi connectivity index (χ2v) is 4.47. The fourth-order valence-electron chi connectivity index (χ4n) is 2.06. The van der Waals surface area contributed by atoms with Gasteiger partial charge in [-0.1, -0.05) is 30.3 Å². The van der Waals surface area contributed by atoms with E-state index in [0.717, 1.165) is 31.5 Å². The first-order valence-electron chi connectivity index (χ1n) is 6.21. The monoisotopic (exact) mass is 233 g/mol. The summed E-state index contributed by atoms with van der Waals surface area (Å²) < 4.78 is 5.61. The number of nitrogens with zero attached hydrogens (tertiary/aromatic N) is 1. The minimum atomic E-state index is -0.340. The first kappa shape index (κ1) is 12.1. The fraction of sp³-hybridized carbons (Fsp3) is 0.500. The third-order valence-electron chi connectivity index (χ3n) is 3.11. The molecule has 1 heterocycles. The van der Waals surface area contributed by atoms with Crippen LogP contribution in [0, 0.1) is 0 Å². The fourth-order valence-corrected chi connectivity index (χ4v) is 2.06. The Morgan fingerprint density at radius 2 is 1.94 bits per heavy atom. The van der Waals surface area contributed by atoms with Gasteiger partial charge in [-0.2, -0.15) is 0 Å². The molecule has 92 valence electrons. The molecule has 0 radical (unpaired) electrons. The number of likely N-dealkylation sites (tertiary alicyclic amines) is 1. The van der Waals surface area contributed by atoms with Crippen LogP contribution in [0.15, 0.2) is 30.3 Å². The lowest BCUT2D eigenvalue weighted by Gasteiger charge is -2.20. The normalized spacial score (nSPS) is 17.1. The quantitative estimate of drug-likeness (QED) is 0.798. The summed E-state index contributed by atoms with van der Waals surface area (Å²) >= 11 is 0. The van der Waals surface area contributed by atoms with Crippen LogP contribution in [0.4, 0.5) is 0 Å². The molecular weight excluding hydrogens is 214 g/mol. The number of benzene rings is 1. The Hall–Kier alpha value is -1.35. The van der Waals surface area contributed by atoms with Crippen molar-refractivity contribution in [3.05, 3.63) is 35.9 Å². The Labute approximate surface area is 102 Å². The maximum atomic E-state index is 12.0. The van der Waals surface area contributed by atoms with Crippen LogP contribution in [-0.4, -0.2) is 30.0 Å². The molecule has 3 heteroatoms. The van der Waals surface area contributed by atoms with Crippen molar-refractivity contribution in [2.24, 2.45) is 0 Å².